The van der Waals surface area contributed by atoms with Crippen LogP contribution in [0.25, 0.3) is 15.6 Å². The van der Waals surface area contributed by atoms with Crippen molar-refractivity contribution in [3.05, 3.63) is 69.7 Å². The van der Waals surface area contributed by atoms with Crippen LogP contribution in [0.5, 0.6) is 0 Å². The predicted molar refractivity (Wildman–Crippen MR) is 148 cm³/mol. The van der Waals surface area contributed by atoms with Crippen molar-refractivity contribution in [3.8, 4) is 0 Å². The van der Waals surface area contributed by atoms with Gasteiger partial charge < -0.3 is 19.4 Å². The quantitative estimate of drug-likeness (QED) is 0.219. The van der Waals surface area contributed by atoms with E-state index >= 15 is 0 Å². The van der Waals surface area contributed by atoms with E-state index in [0.29, 0.717) is 25.5 Å². The van der Waals surface area contributed by atoms with Crippen LogP contribution in [0.15, 0.2) is 41.6 Å². The molecule has 0 spiro atoms. The molecule has 2 aliphatic rings. The molecule has 1 fully saturated rings. The molecule has 0 saturated carbocycles. The molecule has 0 N–H and O–H groups in total. The maximum atomic E-state index is 7.33. The van der Waals surface area contributed by atoms with Crippen LogP contribution in [0.4, 0.5) is 5.82 Å². The van der Waals surface area contributed by atoms with Crippen LogP contribution in [0.3, 0.4) is 0 Å². The summed E-state index contributed by atoms with van der Waals surface area (Å²) in [6, 6.07) is 12.3. The van der Waals surface area contributed by atoms with E-state index in [1.54, 1.807) is 11.8 Å². The van der Waals surface area contributed by atoms with Crippen LogP contribution in [-0.2, 0) is 17.8 Å². The van der Waals surface area contributed by atoms with Gasteiger partial charge in [-0.3, -0.25) is 0 Å². The maximum Gasteiger partial charge on any atom is 0.219 e. The Labute approximate surface area is 222 Å². The molecule has 0 amide bonds. The van der Waals surface area contributed by atoms with E-state index < -0.39 is 0 Å². The molecule has 0 unspecified atom stereocenters. The molecule has 5 rings (SSSR count). The SMILES string of the molecule is [C-]#[N+]C[C@@H]1CCCN(c2nc(SCCN(C)C)nc3c2CO[C@H](c2cccc4cccc(Cl)c24)C3)C1. The lowest BCUT2D eigenvalue weighted by Gasteiger charge is -2.35. The molecule has 2 aromatic carbocycles. The molecule has 8 heteroatoms. The van der Waals surface area contributed by atoms with E-state index in [1.807, 2.05) is 12.1 Å². The highest BCUT2D eigenvalue weighted by atomic mass is 35.5. The van der Waals surface area contributed by atoms with Crippen molar-refractivity contribution in [2.75, 3.05) is 50.9 Å². The van der Waals surface area contributed by atoms with E-state index in [9.17, 15) is 0 Å². The summed E-state index contributed by atoms with van der Waals surface area (Å²) in [7, 11) is 4.17. The van der Waals surface area contributed by atoms with Gasteiger partial charge in [-0.25, -0.2) is 16.5 Å². The number of rotatable bonds is 7. The number of benzene rings is 2. The number of ether oxygens (including phenoxy) is 1. The van der Waals surface area contributed by atoms with E-state index in [1.165, 1.54) is 0 Å². The van der Waals surface area contributed by atoms with Gasteiger partial charge >= 0.3 is 0 Å². The Balaban J connectivity index is 1.49. The lowest BCUT2D eigenvalue weighted by Crippen LogP contribution is -2.38. The van der Waals surface area contributed by atoms with Gasteiger partial charge in [0.25, 0.3) is 0 Å². The molecule has 188 valence electrons. The zero-order valence-corrected chi connectivity index (χ0v) is 22.5. The number of nitrogens with zero attached hydrogens (tertiary/aromatic N) is 5. The Morgan fingerprint density at radius 3 is 2.86 bits per heavy atom. The van der Waals surface area contributed by atoms with E-state index in [2.05, 4.69) is 53.0 Å². The first-order chi connectivity index (χ1) is 17.5. The number of fused-ring (bicyclic) bond motifs is 2. The van der Waals surface area contributed by atoms with Crippen LogP contribution in [0, 0.1) is 12.5 Å². The number of thioether (sulfide) groups is 1. The number of anilines is 1. The predicted octanol–water partition coefficient (Wildman–Crippen LogP) is 5.89. The molecule has 3 aromatic rings. The average molecular weight is 522 g/mol. The van der Waals surface area contributed by atoms with Crippen molar-refractivity contribution < 1.29 is 4.74 Å². The molecule has 1 saturated heterocycles. The van der Waals surface area contributed by atoms with Gasteiger partial charge in [0.05, 0.1) is 18.4 Å². The van der Waals surface area contributed by atoms with Gasteiger partial charge in [0.15, 0.2) is 5.16 Å². The minimum absolute atomic E-state index is 0.111. The summed E-state index contributed by atoms with van der Waals surface area (Å²) in [6.45, 7) is 11.2. The molecular weight excluding hydrogens is 490 g/mol. The molecule has 0 aliphatic carbocycles. The van der Waals surface area contributed by atoms with Crippen molar-refractivity contribution in [2.24, 2.45) is 5.92 Å². The lowest BCUT2D eigenvalue weighted by atomic mass is 9.94. The van der Waals surface area contributed by atoms with Crippen LogP contribution in [0.2, 0.25) is 5.02 Å². The third kappa shape index (κ3) is 5.47. The second kappa shape index (κ2) is 11.4. The first kappa shape index (κ1) is 25.3. The third-order valence-corrected chi connectivity index (χ3v) is 8.17. The maximum absolute atomic E-state index is 7.33. The van der Waals surface area contributed by atoms with Crippen molar-refractivity contribution in [1.29, 1.82) is 0 Å². The number of hydrogen-bond acceptors (Lipinski definition) is 6. The minimum Gasteiger partial charge on any atom is -0.368 e. The highest BCUT2D eigenvalue weighted by Gasteiger charge is 2.31. The molecule has 1 aromatic heterocycles. The smallest absolute Gasteiger partial charge is 0.219 e. The van der Waals surface area contributed by atoms with Crippen LogP contribution in [-0.4, -0.2) is 60.9 Å². The molecule has 0 bridgehead atoms. The van der Waals surface area contributed by atoms with E-state index in [0.717, 1.165) is 81.8 Å². The number of halogens is 1. The minimum atomic E-state index is -0.111. The van der Waals surface area contributed by atoms with Gasteiger partial charge in [0.2, 0.25) is 6.54 Å². The molecule has 36 heavy (non-hydrogen) atoms. The first-order valence-corrected chi connectivity index (χ1v) is 13.9. The molecular formula is C28H32ClN5OS. The Hall–Kier alpha value is -2.37. The van der Waals surface area contributed by atoms with Crippen molar-refractivity contribution >= 4 is 40.0 Å². The first-order valence-electron chi connectivity index (χ1n) is 12.6. The van der Waals surface area contributed by atoms with Gasteiger partial charge in [-0.05, 0) is 44.0 Å². The Morgan fingerprint density at radius 2 is 2.06 bits per heavy atom. The zero-order valence-electron chi connectivity index (χ0n) is 20.9. The summed E-state index contributed by atoms with van der Waals surface area (Å²) < 4.78 is 6.48. The van der Waals surface area contributed by atoms with Crippen molar-refractivity contribution in [2.45, 2.75) is 37.1 Å². The van der Waals surface area contributed by atoms with E-state index in [-0.39, 0.29) is 6.10 Å². The summed E-state index contributed by atoms with van der Waals surface area (Å²) in [5.41, 5.74) is 3.28. The average Bonchev–Trinajstić information content (AvgIpc) is 2.88. The second-order valence-corrected chi connectivity index (χ2v) is 11.4. The molecule has 2 atom stereocenters. The Kier molecular flexibility index (Phi) is 7.97. The topological polar surface area (TPSA) is 45.9 Å². The monoisotopic (exact) mass is 521 g/mol. The summed E-state index contributed by atoms with van der Waals surface area (Å²) in [5.74, 6) is 2.32. The van der Waals surface area contributed by atoms with Gasteiger partial charge in [-0.1, -0.05) is 53.7 Å². The number of piperidine rings is 1. The fourth-order valence-electron chi connectivity index (χ4n) is 5.20. The van der Waals surface area contributed by atoms with Crippen molar-refractivity contribution in [3.63, 3.8) is 0 Å². The van der Waals surface area contributed by atoms with Crippen molar-refractivity contribution in [1.82, 2.24) is 14.9 Å². The molecule has 2 aliphatic heterocycles. The van der Waals surface area contributed by atoms with Gasteiger partial charge in [-0.2, -0.15) is 0 Å². The lowest BCUT2D eigenvalue weighted by molar-refractivity contribution is 0.0266. The number of aromatic nitrogens is 2. The Morgan fingerprint density at radius 1 is 1.22 bits per heavy atom. The highest BCUT2D eigenvalue weighted by molar-refractivity contribution is 7.99. The summed E-state index contributed by atoms with van der Waals surface area (Å²) in [5, 5.41) is 3.76. The third-order valence-electron chi connectivity index (χ3n) is 7.03. The van der Waals surface area contributed by atoms with Crippen LogP contribution in [0.1, 0.15) is 35.8 Å². The van der Waals surface area contributed by atoms with Crippen LogP contribution >= 0.6 is 23.4 Å². The summed E-state index contributed by atoms with van der Waals surface area (Å²) in [6.07, 6.45) is 2.77. The largest absolute Gasteiger partial charge is 0.368 e. The summed E-state index contributed by atoms with van der Waals surface area (Å²) >= 11 is 8.35. The molecule has 3 heterocycles. The normalized spacial score (nSPS) is 19.9. The fraction of sp³-hybridized carbons (Fsp3) is 0.464. The van der Waals surface area contributed by atoms with Gasteiger partial charge in [-0.15, -0.1) is 0 Å². The Bertz CT molecular complexity index is 1270. The second-order valence-electron chi connectivity index (χ2n) is 9.89. The fourth-order valence-corrected chi connectivity index (χ4v) is 6.46. The number of hydrogen-bond donors (Lipinski definition) is 0. The molecule has 6 nitrogen and oxygen atoms in total. The highest BCUT2D eigenvalue weighted by Crippen LogP contribution is 2.39. The molecule has 0 radical (unpaired) electrons. The van der Waals surface area contributed by atoms with Crippen LogP contribution < -0.4 is 4.90 Å². The summed E-state index contributed by atoms with van der Waals surface area (Å²) in [4.78, 5) is 18.3. The van der Waals surface area contributed by atoms with Gasteiger partial charge in [0.1, 0.15) is 5.82 Å². The van der Waals surface area contributed by atoms with Gasteiger partial charge in [0, 0.05) is 53.7 Å². The standard InChI is InChI=1S/C28H32ClN5OS/c1-30-16-19-7-6-12-34(17-19)27-22-18-35-25(15-24(22)31-28(32-27)36-14-13-33(2)3)21-10-4-8-20-9-5-11-23(29)26(20)21/h4-5,8-11,19,25H,6-7,12-18H2,2-3H3/t19-,25-/m0/s1. The zero-order chi connectivity index (χ0) is 25.1. The van der Waals surface area contributed by atoms with E-state index in [4.69, 9.17) is 32.9 Å².